The largest absolute Gasteiger partial charge is 0.307 e. The monoisotopic (exact) mass is 138 g/mol. The van der Waals surface area contributed by atoms with Gasteiger partial charge < -0.3 is 9.47 Å². The molecule has 2 heteroatoms. The van der Waals surface area contributed by atoms with Crippen molar-refractivity contribution in [1.29, 1.82) is 0 Å². The first-order chi connectivity index (χ1) is 4.87. The molecule has 0 aromatic carbocycles. The summed E-state index contributed by atoms with van der Waals surface area (Å²) in [4.78, 5) is 0. The Hall–Kier alpha value is -0.340. The molecule has 1 aliphatic carbocycles. The third-order valence-corrected chi connectivity index (χ3v) is 2.59. The maximum Gasteiger partial charge on any atom is 0.232 e. The molecule has 2 saturated heterocycles. The van der Waals surface area contributed by atoms with Gasteiger partial charge in [0.25, 0.3) is 0 Å². The predicted octanol–water partition coefficient (Wildman–Crippen LogP) is 1.57. The zero-order valence-electron chi connectivity index (χ0n) is 5.80. The molecule has 0 unspecified atom stereocenters. The molecule has 2 aliphatic heterocycles. The molecule has 0 radical (unpaired) electrons. The molecule has 0 spiro atoms. The number of hydrogen-bond acceptors (Lipinski definition) is 2. The number of allylic oxidation sites excluding steroid dienone is 1. The second-order valence-corrected chi connectivity index (χ2v) is 3.28. The van der Waals surface area contributed by atoms with E-state index in [1.54, 1.807) is 0 Å². The van der Waals surface area contributed by atoms with E-state index in [1.807, 2.05) is 0 Å². The lowest BCUT2D eigenvalue weighted by Crippen LogP contribution is -1.96. The summed E-state index contributed by atoms with van der Waals surface area (Å²) in [6.45, 7) is 0. The Morgan fingerprint density at radius 2 is 2.00 bits per heavy atom. The molecule has 0 atom stereocenters. The molecule has 0 aromatic heterocycles. The van der Waals surface area contributed by atoms with E-state index in [-0.39, 0.29) is 11.6 Å². The lowest BCUT2D eigenvalue weighted by molar-refractivity contribution is -0.0969. The van der Waals surface area contributed by atoms with Crippen molar-refractivity contribution >= 4 is 0 Å². The van der Waals surface area contributed by atoms with Gasteiger partial charge in [-0.05, 0) is 12.8 Å². The fraction of sp³-hybridized carbons (Fsp3) is 0.750. The Morgan fingerprint density at radius 1 is 1.10 bits per heavy atom. The first-order valence-electron chi connectivity index (χ1n) is 3.92. The standard InChI is InChI=1S/C8H10O2/c1-2-4-6-8-7(9-8,10-8)5-3-1/h1,3H,2,4-6H2. The molecular weight excluding hydrogens is 128 g/mol. The highest BCUT2D eigenvalue weighted by atomic mass is 17.0. The van der Waals surface area contributed by atoms with Gasteiger partial charge in [0.15, 0.2) is 0 Å². The highest BCUT2D eigenvalue weighted by molar-refractivity contribution is 5.21. The molecule has 2 nitrogen and oxygen atoms in total. The van der Waals surface area contributed by atoms with Crippen LogP contribution in [0, 0.1) is 0 Å². The van der Waals surface area contributed by atoms with Gasteiger partial charge >= 0.3 is 0 Å². The summed E-state index contributed by atoms with van der Waals surface area (Å²) >= 11 is 0. The molecule has 2 heterocycles. The number of rotatable bonds is 0. The average Bonchev–Trinajstić information content (AvgIpc) is 2.51. The van der Waals surface area contributed by atoms with E-state index in [4.69, 9.17) is 9.47 Å². The topological polar surface area (TPSA) is 25.1 Å². The molecule has 0 saturated carbocycles. The van der Waals surface area contributed by atoms with Crippen LogP contribution in [-0.4, -0.2) is 11.6 Å². The minimum absolute atomic E-state index is 0.0856. The van der Waals surface area contributed by atoms with Crippen molar-refractivity contribution in [1.82, 2.24) is 0 Å². The molecular formula is C8H10O2. The van der Waals surface area contributed by atoms with Crippen LogP contribution in [0.25, 0.3) is 0 Å². The summed E-state index contributed by atoms with van der Waals surface area (Å²) in [6.07, 6.45) is 8.85. The van der Waals surface area contributed by atoms with Gasteiger partial charge in [-0.15, -0.1) is 0 Å². The second kappa shape index (κ2) is 1.31. The summed E-state index contributed by atoms with van der Waals surface area (Å²) in [5, 5.41) is 0. The molecule has 3 rings (SSSR count). The highest BCUT2D eigenvalue weighted by Crippen LogP contribution is 2.72. The van der Waals surface area contributed by atoms with Crippen LogP contribution in [0.15, 0.2) is 12.2 Å². The third-order valence-electron chi connectivity index (χ3n) is 2.59. The van der Waals surface area contributed by atoms with Crippen LogP contribution in [0.1, 0.15) is 25.7 Å². The van der Waals surface area contributed by atoms with Gasteiger partial charge in [-0.1, -0.05) is 12.2 Å². The lowest BCUT2D eigenvalue weighted by atomic mass is 10.1. The van der Waals surface area contributed by atoms with Gasteiger partial charge in [0.2, 0.25) is 11.6 Å². The van der Waals surface area contributed by atoms with Crippen LogP contribution < -0.4 is 0 Å². The van der Waals surface area contributed by atoms with Crippen molar-refractivity contribution in [2.45, 2.75) is 37.3 Å². The molecule has 0 bridgehead atoms. The SMILES string of the molecule is C1=CCC23OC2(CCC1)O3. The number of hydrogen-bond donors (Lipinski definition) is 0. The Kier molecular flexibility index (Phi) is 0.701. The van der Waals surface area contributed by atoms with Crippen LogP contribution in [0.5, 0.6) is 0 Å². The molecule has 3 aliphatic rings. The normalized spacial score (nSPS) is 56.0. The zero-order chi connectivity index (χ0) is 6.66. The zero-order valence-corrected chi connectivity index (χ0v) is 5.80. The minimum Gasteiger partial charge on any atom is -0.307 e. The Bertz CT molecular complexity index is 201. The van der Waals surface area contributed by atoms with Crippen LogP contribution >= 0.6 is 0 Å². The van der Waals surface area contributed by atoms with E-state index >= 15 is 0 Å². The third kappa shape index (κ3) is 0.444. The minimum atomic E-state index is -0.121. The van der Waals surface area contributed by atoms with E-state index in [0.717, 1.165) is 12.8 Å². The van der Waals surface area contributed by atoms with Crippen LogP contribution in [0.4, 0.5) is 0 Å². The molecule has 0 aromatic rings. The average molecular weight is 138 g/mol. The quantitative estimate of drug-likeness (QED) is 0.375. The molecule has 2 fully saturated rings. The summed E-state index contributed by atoms with van der Waals surface area (Å²) in [5.74, 6) is -0.207. The first-order valence-corrected chi connectivity index (χ1v) is 3.92. The number of epoxide rings is 2. The van der Waals surface area contributed by atoms with Gasteiger partial charge in [0, 0.05) is 12.8 Å². The van der Waals surface area contributed by atoms with Gasteiger partial charge in [-0.3, -0.25) is 0 Å². The summed E-state index contributed by atoms with van der Waals surface area (Å²) in [6, 6.07) is 0. The number of ether oxygens (including phenoxy) is 2. The maximum absolute atomic E-state index is 5.43. The highest BCUT2D eigenvalue weighted by Gasteiger charge is 2.89. The summed E-state index contributed by atoms with van der Waals surface area (Å²) in [7, 11) is 0. The van der Waals surface area contributed by atoms with Crippen molar-refractivity contribution < 1.29 is 9.47 Å². The Morgan fingerprint density at radius 3 is 2.90 bits per heavy atom. The fourth-order valence-electron chi connectivity index (χ4n) is 1.83. The first kappa shape index (κ1) is 5.33. The van der Waals surface area contributed by atoms with Crippen molar-refractivity contribution in [2.75, 3.05) is 0 Å². The molecule has 54 valence electrons. The predicted molar refractivity (Wildman–Crippen MR) is 35.2 cm³/mol. The van der Waals surface area contributed by atoms with Gasteiger partial charge in [-0.25, -0.2) is 0 Å². The fourth-order valence-corrected chi connectivity index (χ4v) is 1.83. The summed E-state index contributed by atoms with van der Waals surface area (Å²) in [5.41, 5.74) is 0. The van der Waals surface area contributed by atoms with E-state index in [2.05, 4.69) is 12.2 Å². The molecule has 10 heavy (non-hydrogen) atoms. The van der Waals surface area contributed by atoms with Crippen LogP contribution in [0.2, 0.25) is 0 Å². The van der Waals surface area contributed by atoms with Crippen molar-refractivity contribution in [3.05, 3.63) is 12.2 Å². The van der Waals surface area contributed by atoms with Crippen LogP contribution in [0.3, 0.4) is 0 Å². The second-order valence-electron chi connectivity index (χ2n) is 3.28. The van der Waals surface area contributed by atoms with E-state index < -0.39 is 0 Å². The molecule has 0 amide bonds. The molecule has 0 N–H and O–H groups in total. The van der Waals surface area contributed by atoms with Crippen molar-refractivity contribution in [3.8, 4) is 0 Å². The maximum atomic E-state index is 5.43. The smallest absolute Gasteiger partial charge is 0.232 e. The van der Waals surface area contributed by atoms with Gasteiger partial charge in [0.05, 0.1) is 0 Å². The van der Waals surface area contributed by atoms with Gasteiger partial charge in [0.1, 0.15) is 0 Å². The van der Waals surface area contributed by atoms with E-state index in [1.165, 1.54) is 12.8 Å². The van der Waals surface area contributed by atoms with E-state index in [0.29, 0.717) is 0 Å². The lowest BCUT2D eigenvalue weighted by Gasteiger charge is -1.96. The Labute approximate surface area is 59.8 Å². The van der Waals surface area contributed by atoms with Gasteiger partial charge in [-0.2, -0.15) is 0 Å². The summed E-state index contributed by atoms with van der Waals surface area (Å²) < 4.78 is 10.9. The van der Waals surface area contributed by atoms with Crippen LogP contribution in [-0.2, 0) is 9.47 Å². The van der Waals surface area contributed by atoms with Crippen molar-refractivity contribution in [2.24, 2.45) is 0 Å². The Balaban J connectivity index is 1.86. The van der Waals surface area contributed by atoms with E-state index in [9.17, 15) is 0 Å². The van der Waals surface area contributed by atoms with Crippen molar-refractivity contribution in [3.63, 3.8) is 0 Å².